The normalized spacial score (nSPS) is 11.3. The predicted molar refractivity (Wildman–Crippen MR) is 69.7 cm³/mol. The number of carbonyl (C=O) groups excluding carboxylic acids is 1. The van der Waals surface area contributed by atoms with Crippen molar-refractivity contribution in [3.63, 3.8) is 0 Å². The number of hydrogen-bond donors (Lipinski definition) is 2. The lowest BCUT2D eigenvalue weighted by Crippen LogP contribution is -2.34. The van der Waals surface area contributed by atoms with Gasteiger partial charge < -0.3 is 19.9 Å². The quantitative estimate of drug-likeness (QED) is 0.722. The Kier molecular flexibility index (Phi) is 6.27. The Balaban J connectivity index is 1.92. The Bertz CT molecular complexity index is 360. The van der Waals surface area contributed by atoms with E-state index in [1.807, 2.05) is 20.8 Å². The summed E-state index contributed by atoms with van der Waals surface area (Å²) in [5, 5.41) is 9.64. The summed E-state index contributed by atoms with van der Waals surface area (Å²) < 4.78 is 9.74. The van der Waals surface area contributed by atoms with E-state index in [4.69, 9.17) is 4.74 Å². The Morgan fingerprint density at radius 3 is 2.79 bits per heavy atom. The average molecular weight is 270 g/mol. The molecule has 1 heterocycles. The fraction of sp³-hybridized carbons (Fsp3) is 0.750. The highest BCUT2D eigenvalue weighted by atomic mass is 16.6. The van der Waals surface area contributed by atoms with Crippen molar-refractivity contribution in [3.05, 3.63) is 12.2 Å². The number of amides is 1. The van der Waals surface area contributed by atoms with Gasteiger partial charge in [0, 0.05) is 19.5 Å². The van der Waals surface area contributed by atoms with Crippen LogP contribution in [0.15, 0.2) is 10.9 Å². The van der Waals surface area contributed by atoms with E-state index in [0.29, 0.717) is 12.4 Å². The number of carbonyl (C=O) groups is 1. The Morgan fingerprint density at radius 2 is 2.16 bits per heavy atom. The lowest BCUT2D eigenvalue weighted by atomic mass is 10.2. The SMILES string of the molecule is CC(C)(C)OC(=O)NCCCNCCc1ncon1. The van der Waals surface area contributed by atoms with Crippen molar-refractivity contribution in [1.82, 2.24) is 20.8 Å². The maximum atomic E-state index is 11.3. The van der Waals surface area contributed by atoms with Crippen LogP contribution in [0.1, 0.15) is 33.0 Å². The summed E-state index contributed by atoms with van der Waals surface area (Å²) in [6.07, 6.45) is 2.51. The largest absolute Gasteiger partial charge is 0.444 e. The van der Waals surface area contributed by atoms with Crippen molar-refractivity contribution >= 4 is 6.09 Å². The minimum atomic E-state index is -0.451. The molecule has 108 valence electrons. The zero-order valence-electron chi connectivity index (χ0n) is 11.7. The first-order valence-corrected chi connectivity index (χ1v) is 6.40. The molecule has 0 aliphatic carbocycles. The van der Waals surface area contributed by atoms with Gasteiger partial charge in [0.1, 0.15) is 5.60 Å². The molecular weight excluding hydrogens is 248 g/mol. The highest BCUT2D eigenvalue weighted by molar-refractivity contribution is 5.67. The van der Waals surface area contributed by atoms with Crippen LogP contribution in [0.2, 0.25) is 0 Å². The highest BCUT2D eigenvalue weighted by Crippen LogP contribution is 2.06. The first kappa shape index (κ1) is 15.4. The third-order valence-corrected chi connectivity index (χ3v) is 2.13. The van der Waals surface area contributed by atoms with Crippen molar-refractivity contribution in [1.29, 1.82) is 0 Å². The van der Waals surface area contributed by atoms with Crippen molar-refractivity contribution in [2.75, 3.05) is 19.6 Å². The van der Waals surface area contributed by atoms with E-state index in [2.05, 4.69) is 25.3 Å². The van der Waals surface area contributed by atoms with Crippen LogP contribution in [0.5, 0.6) is 0 Å². The fourth-order valence-electron chi connectivity index (χ4n) is 1.35. The highest BCUT2D eigenvalue weighted by Gasteiger charge is 2.15. The molecule has 0 unspecified atom stereocenters. The molecule has 1 amide bonds. The molecule has 0 saturated heterocycles. The van der Waals surface area contributed by atoms with Crippen molar-refractivity contribution in [2.24, 2.45) is 0 Å². The van der Waals surface area contributed by atoms with Crippen LogP contribution < -0.4 is 10.6 Å². The van der Waals surface area contributed by atoms with Gasteiger partial charge >= 0.3 is 6.09 Å². The molecule has 0 saturated carbocycles. The van der Waals surface area contributed by atoms with Gasteiger partial charge in [0.05, 0.1) is 0 Å². The molecule has 1 aromatic rings. The second-order valence-electron chi connectivity index (χ2n) is 5.13. The fourth-order valence-corrected chi connectivity index (χ4v) is 1.35. The van der Waals surface area contributed by atoms with Gasteiger partial charge in [0.25, 0.3) is 0 Å². The maximum Gasteiger partial charge on any atom is 0.407 e. The third-order valence-electron chi connectivity index (χ3n) is 2.13. The van der Waals surface area contributed by atoms with Crippen LogP contribution in [0.4, 0.5) is 4.79 Å². The van der Waals surface area contributed by atoms with Crippen molar-refractivity contribution < 1.29 is 14.1 Å². The summed E-state index contributed by atoms with van der Waals surface area (Å²) in [5.74, 6) is 0.694. The predicted octanol–water partition coefficient (Wildman–Crippen LogP) is 1.12. The van der Waals surface area contributed by atoms with Crippen LogP contribution in [-0.2, 0) is 11.2 Å². The minimum absolute atomic E-state index is 0.376. The molecule has 0 spiro atoms. The van der Waals surface area contributed by atoms with Gasteiger partial charge in [-0.2, -0.15) is 4.98 Å². The Morgan fingerprint density at radius 1 is 1.37 bits per heavy atom. The molecule has 19 heavy (non-hydrogen) atoms. The van der Waals surface area contributed by atoms with Crippen LogP contribution >= 0.6 is 0 Å². The van der Waals surface area contributed by atoms with E-state index in [1.54, 1.807) is 0 Å². The van der Waals surface area contributed by atoms with Crippen LogP contribution in [0.3, 0.4) is 0 Å². The van der Waals surface area contributed by atoms with Crippen LogP contribution in [-0.4, -0.2) is 41.5 Å². The topological polar surface area (TPSA) is 89.3 Å². The summed E-state index contributed by atoms with van der Waals surface area (Å²) in [6, 6.07) is 0. The van der Waals surface area contributed by atoms with E-state index in [1.165, 1.54) is 6.39 Å². The first-order chi connectivity index (χ1) is 8.97. The molecule has 0 aliphatic rings. The minimum Gasteiger partial charge on any atom is -0.444 e. The summed E-state index contributed by atoms with van der Waals surface area (Å²) in [7, 11) is 0. The van der Waals surface area contributed by atoms with E-state index in [-0.39, 0.29) is 6.09 Å². The van der Waals surface area contributed by atoms with E-state index in [9.17, 15) is 4.79 Å². The molecule has 0 radical (unpaired) electrons. The standard InChI is InChI=1S/C12H22N4O3/c1-12(2,3)19-11(17)14-7-4-6-13-8-5-10-15-9-18-16-10/h9,13H,4-8H2,1-3H3,(H,14,17). The maximum absolute atomic E-state index is 11.3. The molecule has 0 aliphatic heterocycles. The van der Waals surface area contributed by atoms with Crippen LogP contribution in [0.25, 0.3) is 0 Å². The second kappa shape index (κ2) is 7.73. The number of nitrogens with zero attached hydrogens (tertiary/aromatic N) is 2. The van der Waals surface area contributed by atoms with Crippen molar-refractivity contribution in [3.8, 4) is 0 Å². The van der Waals surface area contributed by atoms with Gasteiger partial charge in [-0.25, -0.2) is 4.79 Å². The Hall–Kier alpha value is -1.63. The smallest absolute Gasteiger partial charge is 0.407 e. The molecule has 0 atom stereocenters. The molecule has 0 aromatic carbocycles. The first-order valence-electron chi connectivity index (χ1n) is 6.40. The van der Waals surface area contributed by atoms with E-state index < -0.39 is 5.60 Å². The third kappa shape index (κ3) is 8.15. The van der Waals surface area contributed by atoms with Gasteiger partial charge in [-0.1, -0.05) is 5.16 Å². The molecule has 1 rings (SSSR count). The summed E-state index contributed by atoms with van der Waals surface area (Å²) in [6.45, 7) is 7.70. The number of alkyl carbamates (subject to hydrolysis) is 1. The van der Waals surface area contributed by atoms with E-state index >= 15 is 0 Å². The second-order valence-corrected chi connectivity index (χ2v) is 5.13. The molecule has 2 N–H and O–H groups in total. The van der Waals surface area contributed by atoms with Gasteiger partial charge in [-0.3, -0.25) is 0 Å². The number of ether oxygens (including phenoxy) is 1. The molecule has 1 aromatic heterocycles. The Labute approximate surface area is 113 Å². The van der Waals surface area contributed by atoms with Gasteiger partial charge in [-0.15, -0.1) is 0 Å². The summed E-state index contributed by atoms with van der Waals surface area (Å²) in [4.78, 5) is 15.2. The van der Waals surface area contributed by atoms with E-state index in [0.717, 1.165) is 25.9 Å². The summed E-state index contributed by atoms with van der Waals surface area (Å²) in [5.41, 5.74) is -0.451. The zero-order valence-corrected chi connectivity index (χ0v) is 11.7. The lowest BCUT2D eigenvalue weighted by Gasteiger charge is -2.19. The molecular formula is C12H22N4O3. The van der Waals surface area contributed by atoms with Crippen LogP contribution in [0, 0.1) is 0 Å². The molecule has 0 fully saturated rings. The van der Waals surface area contributed by atoms with Gasteiger partial charge in [0.15, 0.2) is 5.82 Å². The monoisotopic (exact) mass is 270 g/mol. The molecule has 7 nitrogen and oxygen atoms in total. The zero-order chi connectivity index (χ0) is 14.1. The summed E-state index contributed by atoms with van der Waals surface area (Å²) >= 11 is 0. The molecule has 7 heteroatoms. The average Bonchev–Trinajstić information content (AvgIpc) is 2.78. The van der Waals surface area contributed by atoms with Gasteiger partial charge in [-0.05, 0) is 33.7 Å². The lowest BCUT2D eigenvalue weighted by molar-refractivity contribution is 0.0527. The van der Waals surface area contributed by atoms with Gasteiger partial charge in [0.2, 0.25) is 6.39 Å². The number of aromatic nitrogens is 2. The number of nitrogens with one attached hydrogen (secondary N) is 2. The number of hydrogen-bond acceptors (Lipinski definition) is 6. The molecule has 0 bridgehead atoms. The van der Waals surface area contributed by atoms with Crippen molar-refractivity contribution in [2.45, 2.75) is 39.2 Å². The number of rotatable bonds is 7.